The summed E-state index contributed by atoms with van der Waals surface area (Å²) >= 11 is 0. The SMILES string of the molecule is CC(C)OB(OC(C)C)OC(C)(C)C1CCCO1. The van der Waals surface area contributed by atoms with Crippen LogP contribution in [0.3, 0.4) is 0 Å². The summed E-state index contributed by atoms with van der Waals surface area (Å²) in [6.07, 6.45) is 2.37. The zero-order chi connectivity index (χ0) is 13.8. The number of ether oxygens (including phenoxy) is 1. The minimum Gasteiger partial charge on any atom is -0.384 e. The molecular formula is C13H27BO4. The van der Waals surface area contributed by atoms with Crippen LogP contribution in [0.4, 0.5) is 0 Å². The van der Waals surface area contributed by atoms with Gasteiger partial charge in [-0.2, -0.15) is 0 Å². The largest absolute Gasteiger partial charge is 0.640 e. The lowest BCUT2D eigenvalue weighted by atomic mass is 9.96. The van der Waals surface area contributed by atoms with Gasteiger partial charge in [0.05, 0.1) is 11.7 Å². The Balaban J connectivity index is 2.56. The van der Waals surface area contributed by atoms with Crippen LogP contribution in [0.5, 0.6) is 0 Å². The first-order valence-corrected chi connectivity index (χ1v) is 6.91. The summed E-state index contributed by atoms with van der Waals surface area (Å²) < 4.78 is 23.0. The molecule has 18 heavy (non-hydrogen) atoms. The Hall–Kier alpha value is -0.0951. The third-order valence-corrected chi connectivity index (χ3v) is 2.87. The Kier molecular flexibility index (Phi) is 6.11. The van der Waals surface area contributed by atoms with Gasteiger partial charge >= 0.3 is 7.32 Å². The van der Waals surface area contributed by atoms with Crippen molar-refractivity contribution in [2.24, 2.45) is 0 Å². The Morgan fingerprint density at radius 1 is 1.11 bits per heavy atom. The van der Waals surface area contributed by atoms with Crippen molar-refractivity contribution in [3.05, 3.63) is 0 Å². The molecule has 1 aliphatic heterocycles. The first kappa shape index (κ1) is 16.0. The van der Waals surface area contributed by atoms with Crippen LogP contribution in [0.25, 0.3) is 0 Å². The highest BCUT2D eigenvalue weighted by atomic mass is 16.7. The summed E-state index contributed by atoms with van der Waals surface area (Å²) in [4.78, 5) is 0. The maximum Gasteiger partial charge on any atom is 0.640 e. The third kappa shape index (κ3) is 5.27. The van der Waals surface area contributed by atoms with E-state index in [1.54, 1.807) is 0 Å². The Bertz CT molecular complexity index is 227. The van der Waals surface area contributed by atoms with Crippen LogP contribution in [0.15, 0.2) is 0 Å². The number of rotatable bonds is 7. The summed E-state index contributed by atoms with van der Waals surface area (Å²) in [5, 5.41) is 0. The molecule has 106 valence electrons. The fourth-order valence-corrected chi connectivity index (χ4v) is 1.98. The van der Waals surface area contributed by atoms with E-state index in [9.17, 15) is 0 Å². The number of hydrogen-bond acceptors (Lipinski definition) is 4. The van der Waals surface area contributed by atoms with Crippen LogP contribution >= 0.6 is 0 Å². The molecule has 1 rings (SSSR count). The fourth-order valence-electron chi connectivity index (χ4n) is 1.98. The first-order valence-electron chi connectivity index (χ1n) is 6.91. The van der Waals surface area contributed by atoms with Gasteiger partial charge < -0.3 is 18.7 Å². The molecule has 0 saturated carbocycles. The molecule has 4 nitrogen and oxygen atoms in total. The van der Waals surface area contributed by atoms with Gasteiger partial charge in [-0.25, -0.2) is 0 Å². The van der Waals surface area contributed by atoms with E-state index in [1.807, 2.05) is 41.5 Å². The standard InChI is InChI=1S/C13H27BO4/c1-10(2)16-14(17-11(3)4)18-13(5,6)12-8-7-9-15-12/h10-12H,7-9H2,1-6H3. The molecule has 0 amide bonds. The molecule has 1 saturated heterocycles. The van der Waals surface area contributed by atoms with Crippen molar-refractivity contribution in [3.8, 4) is 0 Å². The second-order valence-corrected chi connectivity index (χ2v) is 5.88. The van der Waals surface area contributed by atoms with E-state index in [4.69, 9.17) is 18.7 Å². The molecule has 0 N–H and O–H groups in total. The predicted octanol–water partition coefficient (Wildman–Crippen LogP) is 2.80. The highest BCUT2D eigenvalue weighted by molar-refractivity contribution is 6.36. The molecule has 5 heteroatoms. The monoisotopic (exact) mass is 258 g/mol. The highest BCUT2D eigenvalue weighted by Crippen LogP contribution is 2.28. The molecule has 0 bridgehead atoms. The zero-order valence-electron chi connectivity index (χ0n) is 12.6. The van der Waals surface area contributed by atoms with Crippen molar-refractivity contribution in [1.82, 2.24) is 0 Å². The third-order valence-electron chi connectivity index (χ3n) is 2.87. The van der Waals surface area contributed by atoms with E-state index in [2.05, 4.69) is 0 Å². The Morgan fingerprint density at radius 2 is 1.67 bits per heavy atom. The lowest BCUT2D eigenvalue weighted by Crippen LogP contribution is -2.47. The van der Waals surface area contributed by atoms with E-state index < -0.39 is 12.9 Å². The quantitative estimate of drug-likeness (QED) is 0.658. The van der Waals surface area contributed by atoms with Crippen LogP contribution in [0.1, 0.15) is 54.4 Å². The molecule has 1 heterocycles. The summed E-state index contributed by atoms with van der Waals surface area (Å²) in [5.41, 5.74) is -0.398. The average Bonchev–Trinajstić information content (AvgIpc) is 2.66. The van der Waals surface area contributed by atoms with Gasteiger partial charge in [-0.15, -0.1) is 0 Å². The minimum atomic E-state index is -0.635. The normalized spacial score (nSPS) is 21.0. The molecule has 1 atom stereocenters. The van der Waals surface area contributed by atoms with Gasteiger partial charge in [-0.3, -0.25) is 0 Å². The predicted molar refractivity (Wildman–Crippen MR) is 72.3 cm³/mol. The van der Waals surface area contributed by atoms with Crippen molar-refractivity contribution in [2.75, 3.05) is 6.61 Å². The van der Waals surface area contributed by atoms with Crippen molar-refractivity contribution in [2.45, 2.75) is 78.3 Å². The van der Waals surface area contributed by atoms with Gasteiger partial charge in [0.2, 0.25) is 0 Å². The van der Waals surface area contributed by atoms with Crippen LogP contribution in [0, 0.1) is 0 Å². The van der Waals surface area contributed by atoms with Crippen LogP contribution in [-0.4, -0.2) is 37.8 Å². The molecule has 0 aromatic carbocycles. The Morgan fingerprint density at radius 3 is 2.06 bits per heavy atom. The topological polar surface area (TPSA) is 36.9 Å². The second-order valence-electron chi connectivity index (χ2n) is 5.88. The van der Waals surface area contributed by atoms with E-state index in [0.29, 0.717) is 0 Å². The van der Waals surface area contributed by atoms with Gasteiger partial charge in [0.25, 0.3) is 0 Å². The smallest absolute Gasteiger partial charge is 0.384 e. The molecular weight excluding hydrogens is 231 g/mol. The summed E-state index contributed by atoms with van der Waals surface area (Å²) in [7, 11) is -0.635. The van der Waals surface area contributed by atoms with Crippen LogP contribution < -0.4 is 0 Å². The van der Waals surface area contributed by atoms with Crippen molar-refractivity contribution in [1.29, 1.82) is 0 Å². The van der Waals surface area contributed by atoms with Crippen molar-refractivity contribution < 1.29 is 18.7 Å². The maximum absolute atomic E-state index is 5.97. The summed E-state index contributed by atoms with van der Waals surface area (Å²) in [6, 6.07) is 0. The molecule has 0 aliphatic carbocycles. The van der Waals surface area contributed by atoms with E-state index in [-0.39, 0.29) is 18.3 Å². The van der Waals surface area contributed by atoms with Gasteiger partial charge in [-0.05, 0) is 54.4 Å². The van der Waals surface area contributed by atoms with Crippen LogP contribution in [-0.2, 0) is 18.7 Å². The van der Waals surface area contributed by atoms with Gasteiger partial charge in [-0.1, -0.05) is 0 Å². The van der Waals surface area contributed by atoms with Crippen LogP contribution in [0.2, 0.25) is 0 Å². The average molecular weight is 258 g/mol. The zero-order valence-corrected chi connectivity index (χ0v) is 12.6. The highest BCUT2D eigenvalue weighted by Gasteiger charge is 2.40. The molecule has 0 aromatic rings. The van der Waals surface area contributed by atoms with Gasteiger partial charge in [0.15, 0.2) is 0 Å². The summed E-state index contributed by atoms with van der Waals surface area (Å²) in [6.45, 7) is 12.8. The van der Waals surface area contributed by atoms with E-state index in [1.165, 1.54) is 0 Å². The Labute approximate surface area is 111 Å². The molecule has 1 fully saturated rings. The fraction of sp³-hybridized carbons (Fsp3) is 1.00. The first-order chi connectivity index (χ1) is 8.31. The van der Waals surface area contributed by atoms with Gasteiger partial charge in [0, 0.05) is 18.8 Å². The van der Waals surface area contributed by atoms with E-state index >= 15 is 0 Å². The van der Waals surface area contributed by atoms with Gasteiger partial charge in [0.1, 0.15) is 0 Å². The number of hydrogen-bond donors (Lipinski definition) is 0. The summed E-state index contributed by atoms with van der Waals surface area (Å²) in [5.74, 6) is 0. The maximum atomic E-state index is 5.97. The van der Waals surface area contributed by atoms with Crippen molar-refractivity contribution in [3.63, 3.8) is 0 Å². The molecule has 1 unspecified atom stereocenters. The molecule has 0 radical (unpaired) electrons. The second kappa shape index (κ2) is 6.89. The lowest BCUT2D eigenvalue weighted by Gasteiger charge is -2.34. The lowest BCUT2D eigenvalue weighted by molar-refractivity contribution is -0.0833. The molecule has 1 aliphatic rings. The minimum absolute atomic E-state index is 0.0639. The van der Waals surface area contributed by atoms with Crippen molar-refractivity contribution >= 4 is 7.32 Å². The van der Waals surface area contributed by atoms with E-state index in [0.717, 1.165) is 19.4 Å². The molecule has 0 aromatic heterocycles. The molecule has 0 spiro atoms.